The second-order valence-corrected chi connectivity index (χ2v) is 4.14. The topological polar surface area (TPSA) is 105 Å². The van der Waals surface area contributed by atoms with Gasteiger partial charge in [-0.05, 0) is 23.4 Å². The molecule has 1 aromatic carbocycles. The summed E-state index contributed by atoms with van der Waals surface area (Å²) in [6, 6.07) is 4.56. The van der Waals surface area contributed by atoms with Crippen molar-refractivity contribution in [1.29, 1.82) is 0 Å². The molecule has 0 aliphatic heterocycles. The highest BCUT2D eigenvalue weighted by Gasteiger charge is 2.16. The summed E-state index contributed by atoms with van der Waals surface area (Å²) in [5, 5.41) is 26.6. The molecule has 0 spiro atoms. The molecule has 2 rings (SSSR count). The normalized spacial score (nSPS) is 10.4. The van der Waals surface area contributed by atoms with Crippen LogP contribution in [0.1, 0.15) is 5.56 Å². The van der Waals surface area contributed by atoms with E-state index in [0.717, 1.165) is 11.8 Å². The summed E-state index contributed by atoms with van der Waals surface area (Å²) in [7, 11) is 0. The number of rotatable bonds is 4. The lowest BCUT2D eigenvalue weighted by Crippen LogP contribution is -1.93. The smallest absolute Gasteiger partial charge is 0.283 e. The third kappa shape index (κ3) is 2.60. The van der Waals surface area contributed by atoms with Gasteiger partial charge in [0, 0.05) is 6.07 Å². The molecule has 7 nitrogen and oxygen atoms in total. The van der Waals surface area contributed by atoms with Crippen LogP contribution in [0.4, 0.5) is 5.69 Å². The molecule has 17 heavy (non-hydrogen) atoms. The first-order valence-corrected chi connectivity index (χ1v) is 5.43. The second-order valence-electron chi connectivity index (χ2n) is 3.11. The number of nitrogens with zero attached hydrogens (tertiary/aromatic N) is 3. The number of nitrogens with one attached hydrogen (secondary N) is 1. The highest BCUT2D eigenvalue weighted by Crippen LogP contribution is 2.33. The van der Waals surface area contributed by atoms with Crippen molar-refractivity contribution >= 4 is 17.4 Å². The molecule has 8 heteroatoms. The van der Waals surface area contributed by atoms with E-state index in [0.29, 0.717) is 15.6 Å². The van der Waals surface area contributed by atoms with E-state index in [1.165, 1.54) is 12.4 Å². The number of hydrogen-bond donors (Lipinski definition) is 2. The van der Waals surface area contributed by atoms with E-state index in [4.69, 9.17) is 5.11 Å². The van der Waals surface area contributed by atoms with Gasteiger partial charge in [0.1, 0.15) is 6.33 Å². The Bertz CT molecular complexity index is 529. The molecule has 0 aliphatic rings. The number of aromatic amines is 1. The molecule has 0 aliphatic carbocycles. The zero-order valence-electron chi connectivity index (χ0n) is 8.53. The number of aliphatic hydroxyl groups is 1. The summed E-state index contributed by atoms with van der Waals surface area (Å²) >= 11 is 1.12. The summed E-state index contributed by atoms with van der Waals surface area (Å²) in [5.41, 5.74) is 0.441. The van der Waals surface area contributed by atoms with Crippen LogP contribution in [-0.4, -0.2) is 25.2 Å². The monoisotopic (exact) mass is 252 g/mol. The Morgan fingerprint density at radius 3 is 2.94 bits per heavy atom. The third-order valence-corrected chi connectivity index (χ3v) is 2.96. The van der Waals surface area contributed by atoms with Crippen LogP contribution in [0.15, 0.2) is 34.6 Å². The number of aliphatic hydroxyl groups excluding tert-OH is 1. The van der Waals surface area contributed by atoms with Gasteiger partial charge in [-0.1, -0.05) is 6.07 Å². The fraction of sp³-hybridized carbons (Fsp3) is 0.111. The molecule has 0 atom stereocenters. The first kappa shape index (κ1) is 11.6. The number of nitro groups is 1. The summed E-state index contributed by atoms with van der Waals surface area (Å²) in [6.45, 7) is -0.228. The van der Waals surface area contributed by atoms with Crippen molar-refractivity contribution in [3.63, 3.8) is 0 Å². The van der Waals surface area contributed by atoms with Crippen LogP contribution in [-0.2, 0) is 6.61 Å². The standard InChI is InChI=1S/C9H8N4O3S/c14-4-6-1-2-8(7(3-6)13(15)16)17-9-10-5-11-12-9/h1-3,5,14H,4H2,(H,10,11,12). The van der Waals surface area contributed by atoms with Gasteiger partial charge in [0.25, 0.3) is 5.69 Å². The highest BCUT2D eigenvalue weighted by atomic mass is 32.2. The van der Waals surface area contributed by atoms with E-state index in [-0.39, 0.29) is 12.3 Å². The predicted octanol–water partition coefficient (Wildman–Crippen LogP) is 1.36. The molecule has 0 radical (unpaired) electrons. The van der Waals surface area contributed by atoms with Gasteiger partial charge in [0.05, 0.1) is 16.4 Å². The molecule has 0 bridgehead atoms. The highest BCUT2D eigenvalue weighted by molar-refractivity contribution is 7.99. The molecule has 1 aromatic heterocycles. The lowest BCUT2D eigenvalue weighted by atomic mass is 10.2. The quantitative estimate of drug-likeness (QED) is 0.628. The second kappa shape index (κ2) is 4.93. The van der Waals surface area contributed by atoms with E-state index in [9.17, 15) is 10.1 Å². The van der Waals surface area contributed by atoms with Crippen LogP contribution < -0.4 is 0 Å². The number of benzene rings is 1. The SMILES string of the molecule is O=[N+]([O-])c1cc(CO)ccc1Sc1ncn[nH]1. The molecule has 88 valence electrons. The number of aromatic nitrogens is 3. The summed E-state index contributed by atoms with van der Waals surface area (Å²) in [4.78, 5) is 14.7. The molecule has 0 amide bonds. The molecular formula is C9H8N4O3S. The lowest BCUT2D eigenvalue weighted by Gasteiger charge is -2.02. The van der Waals surface area contributed by atoms with Gasteiger partial charge in [-0.15, -0.1) is 0 Å². The maximum absolute atomic E-state index is 10.9. The molecule has 0 unspecified atom stereocenters. The van der Waals surface area contributed by atoms with Gasteiger partial charge in [0.15, 0.2) is 5.16 Å². The molecular weight excluding hydrogens is 244 g/mol. The van der Waals surface area contributed by atoms with Gasteiger partial charge in [-0.25, -0.2) is 4.98 Å². The van der Waals surface area contributed by atoms with Gasteiger partial charge < -0.3 is 5.11 Å². The largest absolute Gasteiger partial charge is 0.392 e. The Morgan fingerprint density at radius 1 is 1.53 bits per heavy atom. The van der Waals surface area contributed by atoms with Crippen molar-refractivity contribution < 1.29 is 10.0 Å². The third-order valence-electron chi connectivity index (χ3n) is 2.00. The van der Waals surface area contributed by atoms with Crippen molar-refractivity contribution in [2.45, 2.75) is 16.7 Å². The lowest BCUT2D eigenvalue weighted by molar-refractivity contribution is -0.387. The van der Waals surface area contributed by atoms with Gasteiger partial charge in [-0.3, -0.25) is 15.2 Å². The molecule has 1 heterocycles. The zero-order chi connectivity index (χ0) is 12.3. The average molecular weight is 252 g/mol. The Balaban J connectivity index is 2.36. The minimum Gasteiger partial charge on any atom is -0.392 e. The molecule has 0 saturated carbocycles. The van der Waals surface area contributed by atoms with E-state index in [2.05, 4.69) is 15.2 Å². The van der Waals surface area contributed by atoms with Crippen molar-refractivity contribution in [2.24, 2.45) is 0 Å². The van der Waals surface area contributed by atoms with E-state index >= 15 is 0 Å². The Morgan fingerprint density at radius 2 is 2.35 bits per heavy atom. The minimum atomic E-state index is -0.488. The van der Waals surface area contributed by atoms with Crippen molar-refractivity contribution in [2.75, 3.05) is 0 Å². The fourth-order valence-corrected chi connectivity index (χ4v) is 2.02. The van der Waals surface area contributed by atoms with Crippen LogP contribution in [0, 0.1) is 10.1 Å². The first-order valence-electron chi connectivity index (χ1n) is 4.62. The van der Waals surface area contributed by atoms with E-state index < -0.39 is 4.92 Å². The summed E-state index contributed by atoms with van der Waals surface area (Å²) < 4.78 is 0. The van der Waals surface area contributed by atoms with Crippen molar-refractivity contribution in [3.05, 3.63) is 40.2 Å². The Labute approximate surface area is 100 Å². The maximum Gasteiger partial charge on any atom is 0.283 e. The molecule has 2 N–H and O–H groups in total. The summed E-state index contributed by atoms with van der Waals surface area (Å²) in [6.07, 6.45) is 1.33. The van der Waals surface area contributed by atoms with Gasteiger partial charge >= 0.3 is 0 Å². The predicted molar refractivity (Wildman–Crippen MR) is 59.5 cm³/mol. The van der Waals surface area contributed by atoms with E-state index in [1.807, 2.05) is 0 Å². The first-order chi connectivity index (χ1) is 8.20. The maximum atomic E-state index is 10.9. The number of nitro benzene ring substituents is 1. The molecule has 0 fully saturated rings. The van der Waals surface area contributed by atoms with Crippen molar-refractivity contribution in [3.8, 4) is 0 Å². The Hall–Kier alpha value is -1.93. The number of hydrogen-bond acceptors (Lipinski definition) is 6. The van der Waals surface area contributed by atoms with E-state index in [1.54, 1.807) is 12.1 Å². The summed E-state index contributed by atoms with van der Waals surface area (Å²) in [5.74, 6) is 0. The van der Waals surface area contributed by atoms with Gasteiger partial charge in [0.2, 0.25) is 0 Å². The van der Waals surface area contributed by atoms with Crippen LogP contribution in [0.2, 0.25) is 0 Å². The fourth-order valence-electron chi connectivity index (χ4n) is 1.24. The van der Waals surface area contributed by atoms with Crippen LogP contribution >= 0.6 is 11.8 Å². The zero-order valence-corrected chi connectivity index (χ0v) is 9.35. The number of H-pyrrole nitrogens is 1. The van der Waals surface area contributed by atoms with Crippen molar-refractivity contribution in [1.82, 2.24) is 15.2 Å². The minimum absolute atomic E-state index is 0.0575. The van der Waals surface area contributed by atoms with Crippen LogP contribution in [0.5, 0.6) is 0 Å². The average Bonchev–Trinajstić information content (AvgIpc) is 2.82. The van der Waals surface area contributed by atoms with Crippen LogP contribution in [0.25, 0.3) is 0 Å². The van der Waals surface area contributed by atoms with Crippen LogP contribution in [0.3, 0.4) is 0 Å². The molecule has 2 aromatic rings. The Kier molecular flexibility index (Phi) is 3.35. The molecule has 0 saturated heterocycles. The van der Waals surface area contributed by atoms with Gasteiger partial charge in [-0.2, -0.15) is 5.10 Å².